The molecule has 4 aromatic heterocycles. The molecule has 0 aliphatic carbocycles. The molecule has 5 aromatic rings. The SMILES string of the molecule is Cc1[nH]nc2c1C(c1cnn(C)c1)c1c(ncn3nc(-c4ccc([N+](=O)[O-])cc4)nc13)O2. The number of hydrogen-bond donors (Lipinski definition) is 1. The van der Waals surface area contributed by atoms with Crippen LogP contribution in [0.25, 0.3) is 17.0 Å². The maximum Gasteiger partial charge on any atom is 0.269 e. The molecular weight excluding hydrogens is 414 g/mol. The quantitative estimate of drug-likeness (QED) is 0.334. The third kappa shape index (κ3) is 2.59. The molecule has 158 valence electrons. The normalized spacial score (nSPS) is 14.8. The third-order valence-corrected chi connectivity index (χ3v) is 5.51. The fourth-order valence-corrected chi connectivity index (χ4v) is 4.04. The van der Waals surface area contributed by atoms with Crippen molar-refractivity contribution in [2.24, 2.45) is 7.05 Å². The molecular formula is C20H15N9O3. The molecule has 1 N–H and O–H groups in total. The van der Waals surface area contributed by atoms with Crippen molar-refractivity contribution in [2.75, 3.05) is 0 Å². The number of hydrogen-bond acceptors (Lipinski definition) is 8. The van der Waals surface area contributed by atoms with Gasteiger partial charge >= 0.3 is 0 Å². The summed E-state index contributed by atoms with van der Waals surface area (Å²) in [6.45, 7) is 1.93. The van der Waals surface area contributed by atoms with Gasteiger partial charge in [0.2, 0.25) is 11.8 Å². The van der Waals surface area contributed by atoms with Crippen molar-refractivity contribution in [3.8, 4) is 23.1 Å². The maximum atomic E-state index is 11.0. The van der Waals surface area contributed by atoms with Crippen LogP contribution in [-0.2, 0) is 7.05 Å². The van der Waals surface area contributed by atoms with E-state index in [0.29, 0.717) is 28.8 Å². The predicted molar refractivity (Wildman–Crippen MR) is 110 cm³/mol. The number of aromatic amines is 1. The Morgan fingerprint density at radius 3 is 2.72 bits per heavy atom. The summed E-state index contributed by atoms with van der Waals surface area (Å²) >= 11 is 0. The lowest BCUT2D eigenvalue weighted by molar-refractivity contribution is -0.384. The Labute approximate surface area is 179 Å². The van der Waals surface area contributed by atoms with Crippen molar-refractivity contribution in [1.29, 1.82) is 0 Å². The van der Waals surface area contributed by atoms with Crippen LogP contribution in [0.1, 0.15) is 28.3 Å². The van der Waals surface area contributed by atoms with Crippen LogP contribution in [0, 0.1) is 17.0 Å². The van der Waals surface area contributed by atoms with Crippen molar-refractivity contribution < 1.29 is 9.66 Å². The number of nitrogens with one attached hydrogen (secondary N) is 1. The highest BCUT2D eigenvalue weighted by Crippen LogP contribution is 2.48. The minimum absolute atomic E-state index is 0.00423. The number of aryl methyl sites for hydroxylation is 2. The molecule has 0 saturated heterocycles. The van der Waals surface area contributed by atoms with E-state index in [1.54, 1.807) is 27.5 Å². The van der Waals surface area contributed by atoms with Crippen molar-refractivity contribution in [3.63, 3.8) is 0 Å². The number of fused-ring (bicyclic) bond motifs is 4. The highest BCUT2D eigenvalue weighted by molar-refractivity contribution is 5.68. The van der Waals surface area contributed by atoms with Crippen molar-refractivity contribution in [3.05, 3.63) is 75.5 Å². The first-order chi connectivity index (χ1) is 15.5. The first kappa shape index (κ1) is 18.2. The van der Waals surface area contributed by atoms with Gasteiger partial charge < -0.3 is 4.74 Å². The van der Waals surface area contributed by atoms with Gasteiger partial charge in [0.15, 0.2) is 11.5 Å². The van der Waals surface area contributed by atoms with Gasteiger partial charge in [0.25, 0.3) is 5.69 Å². The predicted octanol–water partition coefficient (Wildman–Crippen LogP) is 2.75. The summed E-state index contributed by atoms with van der Waals surface area (Å²) in [6, 6.07) is 6.11. The molecule has 12 heteroatoms. The van der Waals surface area contributed by atoms with Crippen LogP contribution in [0.15, 0.2) is 43.0 Å². The topological polar surface area (TPSA) is 142 Å². The summed E-state index contributed by atoms with van der Waals surface area (Å²) in [5.41, 5.74) is 4.68. The van der Waals surface area contributed by atoms with E-state index >= 15 is 0 Å². The number of aromatic nitrogens is 8. The molecule has 0 radical (unpaired) electrons. The van der Waals surface area contributed by atoms with E-state index in [4.69, 9.17) is 9.72 Å². The van der Waals surface area contributed by atoms with Crippen molar-refractivity contribution in [1.82, 2.24) is 39.6 Å². The Morgan fingerprint density at radius 1 is 1.19 bits per heavy atom. The van der Waals surface area contributed by atoms with Crippen LogP contribution in [0.5, 0.6) is 11.8 Å². The highest BCUT2D eigenvalue weighted by atomic mass is 16.6. The van der Waals surface area contributed by atoms with Gasteiger partial charge in [-0.15, -0.1) is 10.2 Å². The lowest BCUT2D eigenvalue weighted by Crippen LogP contribution is -2.14. The van der Waals surface area contributed by atoms with E-state index in [-0.39, 0.29) is 11.6 Å². The van der Waals surface area contributed by atoms with Gasteiger partial charge in [0.1, 0.15) is 6.33 Å². The molecule has 32 heavy (non-hydrogen) atoms. The fourth-order valence-electron chi connectivity index (χ4n) is 4.04. The Bertz CT molecular complexity index is 1510. The molecule has 1 atom stereocenters. The van der Waals surface area contributed by atoms with E-state index in [9.17, 15) is 10.1 Å². The van der Waals surface area contributed by atoms with E-state index in [1.807, 2.05) is 20.2 Å². The minimum atomic E-state index is -0.443. The van der Waals surface area contributed by atoms with Gasteiger partial charge in [-0.3, -0.25) is 19.9 Å². The zero-order valence-corrected chi connectivity index (χ0v) is 16.9. The average molecular weight is 429 g/mol. The smallest absolute Gasteiger partial charge is 0.269 e. The highest BCUT2D eigenvalue weighted by Gasteiger charge is 2.37. The summed E-state index contributed by atoms with van der Waals surface area (Å²) in [5.74, 6) is 1.03. The minimum Gasteiger partial charge on any atom is -0.418 e. The van der Waals surface area contributed by atoms with E-state index < -0.39 is 4.92 Å². The van der Waals surface area contributed by atoms with Gasteiger partial charge in [-0.1, -0.05) is 0 Å². The molecule has 1 aliphatic heterocycles. The fraction of sp³-hybridized carbons (Fsp3) is 0.150. The number of non-ortho nitro benzene ring substituents is 1. The Morgan fingerprint density at radius 2 is 2.00 bits per heavy atom. The average Bonchev–Trinajstić information content (AvgIpc) is 3.51. The summed E-state index contributed by atoms with van der Waals surface area (Å²) in [5, 5.41) is 27.1. The Balaban J connectivity index is 1.56. The zero-order valence-electron chi connectivity index (χ0n) is 16.9. The lowest BCUT2D eigenvalue weighted by atomic mass is 9.86. The molecule has 0 saturated carbocycles. The second kappa shape index (κ2) is 6.44. The third-order valence-electron chi connectivity index (χ3n) is 5.51. The zero-order chi connectivity index (χ0) is 22.0. The summed E-state index contributed by atoms with van der Waals surface area (Å²) < 4.78 is 9.31. The summed E-state index contributed by atoms with van der Waals surface area (Å²) in [4.78, 5) is 19.7. The molecule has 12 nitrogen and oxygen atoms in total. The maximum absolute atomic E-state index is 11.0. The van der Waals surface area contributed by atoms with E-state index in [1.165, 1.54) is 18.5 Å². The Kier molecular flexibility index (Phi) is 3.66. The molecule has 1 unspecified atom stereocenters. The van der Waals surface area contributed by atoms with Crippen LogP contribution in [-0.4, -0.2) is 44.5 Å². The number of ether oxygens (including phenoxy) is 1. The van der Waals surface area contributed by atoms with Gasteiger partial charge in [0, 0.05) is 47.8 Å². The molecule has 0 spiro atoms. The van der Waals surface area contributed by atoms with Crippen LogP contribution in [0.2, 0.25) is 0 Å². The lowest BCUT2D eigenvalue weighted by Gasteiger charge is -2.24. The summed E-state index contributed by atoms with van der Waals surface area (Å²) in [7, 11) is 1.86. The van der Waals surface area contributed by atoms with Crippen LogP contribution >= 0.6 is 0 Å². The molecule has 1 aromatic carbocycles. The monoisotopic (exact) mass is 429 g/mol. The molecule has 1 aliphatic rings. The van der Waals surface area contributed by atoms with Gasteiger partial charge in [0.05, 0.1) is 22.6 Å². The second-order valence-corrected chi connectivity index (χ2v) is 7.52. The van der Waals surface area contributed by atoms with Gasteiger partial charge in [-0.05, 0) is 19.1 Å². The van der Waals surface area contributed by atoms with Crippen LogP contribution < -0.4 is 4.74 Å². The standard InChI is InChI=1S/C20H15N9O3/c1-10-14-15(12-7-22-27(2)8-12)16-18-23-17(11-3-5-13(6-4-11)29(30)31)26-28(18)9-21-19(16)32-20(14)25-24-10/h3-9,15H,1-2H3,(H,24,25). The second-order valence-electron chi connectivity index (χ2n) is 7.52. The number of rotatable bonds is 3. The van der Waals surface area contributed by atoms with E-state index in [0.717, 1.165) is 22.4 Å². The molecule has 0 fully saturated rings. The van der Waals surface area contributed by atoms with Crippen LogP contribution in [0.4, 0.5) is 5.69 Å². The van der Waals surface area contributed by atoms with E-state index in [2.05, 4.69) is 25.4 Å². The van der Waals surface area contributed by atoms with Gasteiger partial charge in [-0.25, -0.2) is 14.5 Å². The first-order valence-corrected chi connectivity index (χ1v) is 9.71. The molecule has 6 rings (SSSR count). The Hall–Kier alpha value is -4.61. The van der Waals surface area contributed by atoms with Crippen molar-refractivity contribution in [2.45, 2.75) is 12.8 Å². The number of nitro groups is 1. The molecule has 0 amide bonds. The largest absolute Gasteiger partial charge is 0.418 e. The van der Waals surface area contributed by atoms with Gasteiger partial charge in [-0.2, -0.15) is 5.10 Å². The number of nitro benzene ring substituents is 1. The number of H-pyrrole nitrogens is 1. The number of nitrogens with zero attached hydrogens (tertiary/aromatic N) is 8. The van der Waals surface area contributed by atoms with Crippen LogP contribution in [0.3, 0.4) is 0 Å². The molecule has 5 heterocycles. The number of benzene rings is 1. The first-order valence-electron chi connectivity index (χ1n) is 9.71. The summed E-state index contributed by atoms with van der Waals surface area (Å²) in [6.07, 6.45) is 5.26. The molecule has 0 bridgehead atoms. The van der Waals surface area contributed by atoms with Crippen molar-refractivity contribution >= 4 is 11.3 Å².